The summed E-state index contributed by atoms with van der Waals surface area (Å²) in [4.78, 5) is 26.2. The zero-order valence-electron chi connectivity index (χ0n) is 13.9. The van der Waals surface area contributed by atoms with E-state index in [-0.39, 0.29) is 18.4 Å². The van der Waals surface area contributed by atoms with E-state index in [1.807, 2.05) is 6.07 Å². The molecule has 1 aromatic carbocycles. The maximum Gasteiger partial charge on any atom is 0.251 e. The van der Waals surface area contributed by atoms with Crippen molar-refractivity contribution < 1.29 is 9.59 Å². The summed E-state index contributed by atoms with van der Waals surface area (Å²) in [6.07, 6.45) is 3.47. The molecule has 1 heterocycles. The smallest absolute Gasteiger partial charge is 0.251 e. The van der Waals surface area contributed by atoms with Crippen LogP contribution in [-0.4, -0.2) is 49.4 Å². The van der Waals surface area contributed by atoms with Crippen LogP contribution in [0.4, 0.5) is 0 Å². The van der Waals surface area contributed by atoms with Gasteiger partial charge in [0.15, 0.2) is 0 Å². The molecule has 0 atom stereocenters. The van der Waals surface area contributed by atoms with E-state index in [0.717, 1.165) is 25.9 Å². The molecule has 5 nitrogen and oxygen atoms in total. The van der Waals surface area contributed by atoms with Gasteiger partial charge in [0, 0.05) is 12.1 Å². The van der Waals surface area contributed by atoms with Crippen LogP contribution in [0.15, 0.2) is 30.3 Å². The topological polar surface area (TPSA) is 61.4 Å². The van der Waals surface area contributed by atoms with Gasteiger partial charge in [-0.1, -0.05) is 25.1 Å². The van der Waals surface area contributed by atoms with Crippen LogP contribution in [0.25, 0.3) is 0 Å². The van der Waals surface area contributed by atoms with Crippen molar-refractivity contribution in [3.8, 4) is 0 Å². The van der Waals surface area contributed by atoms with Gasteiger partial charge in [-0.15, -0.1) is 0 Å². The Bertz CT molecular complexity index is 496. The summed E-state index contributed by atoms with van der Waals surface area (Å²) >= 11 is 0. The minimum Gasteiger partial charge on any atom is -0.354 e. The average molecular weight is 317 g/mol. The second-order valence-corrected chi connectivity index (χ2v) is 6.14. The maximum absolute atomic E-state index is 11.9. The van der Waals surface area contributed by atoms with Crippen molar-refractivity contribution >= 4 is 11.8 Å². The van der Waals surface area contributed by atoms with Crippen LogP contribution >= 0.6 is 0 Å². The first kappa shape index (κ1) is 17.5. The van der Waals surface area contributed by atoms with Crippen LogP contribution in [0.2, 0.25) is 0 Å². The quantitative estimate of drug-likeness (QED) is 0.804. The molecule has 0 bridgehead atoms. The van der Waals surface area contributed by atoms with Crippen molar-refractivity contribution in [2.24, 2.45) is 5.92 Å². The molecule has 126 valence electrons. The molecule has 0 aromatic heterocycles. The van der Waals surface area contributed by atoms with E-state index in [2.05, 4.69) is 22.5 Å². The first-order valence-corrected chi connectivity index (χ1v) is 8.51. The third-order valence-electron chi connectivity index (χ3n) is 4.28. The number of carbonyl (C=O) groups is 2. The molecule has 0 spiro atoms. The highest BCUT2D eigenvalue weighted by atomic mass is 16.2. The van der Waals surface area contributed by atoms with Crippen LogP contribution in [0.5, 0.6) is 0 Å². The Morgan fingerprint density at radius 3 is 2.48 bits per heavy atom. The maximum atomic E-state index is 11.9. The zero-order chi connectivity index (χ0) is 16.5. The number of hydrogen-bond donors (Lipinski definition) is 2. The van der Waals surface area contributed by atoms with E-state index in [1.54, 1.807) is 24.3 Å². The molecule has 1 aliphatic heterocycles. The van der Waals surface area contributed by atoms with Crippen molar-refractivity contribution in [2.45, 2.75) is 26.2 Å². The molecule has 1 fully saturated rings. The summed E-state index contributed by atoms with van der Waals surface area (Å²) in [6.45, 7) is 6.36. The normalized spacial score (nSPS) is 16.0. The second kappa shape index (κ2) is 9.30. The van der Waals surface area contributed by atoms with E-state index in [1.165, 1.54) is 13.0 Å². The predicted molar refractivity (Wildman–Crippen MR) is 91.2 cm³/mol. The van der Waals surface area contributed by atoms with Gasteiger partial charge in [-0.05, 0) is 56.9 Å². The van der Waals surface area contributed by atoms with Crippen LogP contribution < -0.4 is 10.6 Å². The van der Waals surface area contributed by atoms with Crippen LogP contribution in [-0.2, 0) is 4.79 Å². The van der Waals surface area contributed by atoms with Crippen molar-refractivity contribution in [3.63, 3.8) is 0 Å². The summed E-state index contributed by atoms with van der Waals surface area (Å²) < 4.78 is 0. The van der Waals surface area contributed by atoms with E-state index in [0.29, 0.717) is 18.0 Å². The Labute approximate surface area is 138 Å². The molecule has 2 rings (SSSR count). The number of nitrogens with one attached hydrogen (secondary N) is 2. The Morgan fingerprint density at radius 2 is 1.83 bits per heavy atom. The van der Waals surface area contributed by atoms with Crippen molar-refractivity contribution in [3.05, 3.63) is 35.9 Å². The van der Waals surface area contributed by atoms with Gasteiger partial charge in [0.2, 0.25) is 5.91 Å². The predicted octanol–water partition coefficient (Wildman–Crippen LogP) is 1.65. The third kappa shape index (κ3) is 6.02. The van der Waals surface area contributed by atoms with E-state index < -0.39 is 0 Å². The third-order valence-corrected chi connectivity index (χ3v) is 4.28. The summed E-state index contributed by atoms with van der Waals surface area (Å²) in [5, 5.41) is 5.58. The summed E-state index contributed by atoms with van der Waals surface area (Å²) in [6, 6.07) is 8.93. The number of carbonyl (C=O) groups excluding carboxylic acids is 2. The fourth-order valence-corrected chi connectivity index (χ4v) is 2.90. The summed E-state index contributed by atoms with van der Waals surface area (Å²) in [5.74, 6) is 0.218. The molecule has 2 N–H and O–H groups in total. The SMILES string of the molecule is CCCN1CCC(CNC(=O)CNC(=O)c2ccccc2)CC1. The standard InChI is InChI=1S/C18H27N3O2/c1-2-10-21-11-8-15(9-12-21)13-19-17(22)14-20-18(23)16-6-4-3-5-7-16/h3-7,15H,2,8-14H2,1H3,(H,19,22)(H,20,23). The molecule has 1 saturated heterocycles. The molecule has 0 aliphatic carbocycles. The number of amides is 2. The highest BCUT2D eigenvalue weighted by molar-refractivity contribution is 5.96. The monoisotopic (exact) mass is 317 g/mol. The van der Waals surface area contributed by atoms with E-state index >= 15 is 0 Å². The number of benzene rings is 1. The molecule has 0 unspecified atom stereocenters. The van der Waals surface area contributed by atoms with Crippen LogP contribution in [0.1, 0.15) is 36.5 Å². The van der Waals surface area contributed by atoms with Crippen molar-refractivity contribution in [1.82, 2.24) is 15.5 Å². The zero-order valence-corrected chi connectivity index (χ0v) is 13.9. The molecule has 2 amide bonds. The largest absolute Gasteiger partial charge is 0.354 e. The van der Waals surface area contributed by atoms with E-state index in [9.17, 15) is 9.59 Å². The fraction of sp³-hybridized carbons (Fsp3) is 0.556. The Balaban J connectivity index is 1.61. The lowest BCUT2D eigenvalue weighted by Crippen LogP contribution is -2.42. The van der Waals surface area contributed by atoms with Gasteiger partial charge < -0.3 is 15.5 Å². The molecule has 23 heavy (non-hydrogen) atoms. The molecule has 1 aromatic rings. The minimum absolute atomic E-state index is 0.0302. The molecule has 1 aliphatic rings. The summed E-state index contributed by atoms with van der Waals surface area (Å²) in [5.41, 5.74) is 0.573. The van der Waals surface area contributed by atoms with Crippen LogP contribution in [0.3, 0.4) is 0 Å². The van der Waals surface area contributed by atoms with Gasteiger partial charge in [-0.3, -0.25) is 9.59 Å². The Morgan fingerprint density at radius 1 is 1.13 bits per heavy atom. The molecule has 5 heteroatoms. The summed E-state index contributed by atoms with van der Waals surface area (Å²) in [7, 11) is 0. The van der Waals surface area contributed by atoms with Gasteiger partial charge in [0.25, 0.3) is 5.91 Å². The van der Waals surface area contributed by atoms with E-state index in [4.69, 9.17) is 0 Å². The fourth-order valence-electron chi connectivity index (χ4n) is 2.90. The number of nitrogens with zero attached hydrogens (tertiary/aromatic N) is 1. The van der Waals surface area contributed by atoms with Gasteiger partial charge in [0.1, 0.15) is 0 Å². The van der Waals surface area contributed by atoms with Gasteiger partial charge >= 0.3 is 0 Å². The van der Waals surface area contributed by atoms with Gasteiger partial charge in [-0.2, -0.15) is 0 Å². The first-order valence-electron chi connectivity index (χ1n) is 8.51. The first-order chi connectivity index (χ1) is 11.2. The van der Waals surface area contributed by atoms with Crippen LogP contribution in [0, 0.1) is 5.92 Å². The lowest BCUT2D eigenvalue weighted by atomic mass is 9.96. The van der Waals surface area contributed by atoms with Gasteiger partial charge in [-0.25, -0.2) is 0 Å². The minimum atomic E-state index is -0.214. The lowest BCUT2D eigenvalue weighted by Gasteiger charge is -2.31. The number of likely N-dealkylation sites (tertiary alicyclic amines) is 1. The lowest BCUT2D eigenvalue weighted by molar-refractivity contribution is -0.120. The Hall–Kier alpha value is -1.88. The highest BCUT2D eigenvalue weighted by Gasteiger charge is 2.19. The second-order valence-electron chi connectivity index (χ2n) is 6.14. The molecular formula is C18H27N3O2. The number of piperidine rings is 1. The highest BCUT2D eigenvalue weighted by Crippen LogP contribution is 2.16. The van der Waals surface area contributed by atoms with Crippen molar-refractivity contribution in [1.29, 1.82) is 0 Å². The van der Waals surface area contributed by atoms with Crippen molar-refractivity contribution in [2.75, 3.05) is 32.7 Å². The Kier molecular flexibility index (Phi) is 7.07. The molecular weight excluding hydrogens is 290 g/mol. The van der Waals surface area contributed by atoms with Gasteiger partial charge in [0.05, 0.1) is 6.54 Å². The molecule has 0 saturated carbocycles. The number of hydrogen-bond acceptors (Lipinski definition) is 3. The average Bonchev–Trinajstić information content (AvgIpc) is 2.60. The number of rotatable bonds is 7. The molecule has 0 radical (unpaired) electrons.